The van der Waals surface area contributed by atoms with Crippen molar-refractivity contribution in [3.05, 3.63) is 94.5 Å². The minimum atomic E-state index is -0.843. The van der Waals surface area contributed by atoms with Crippen LogP contribution in [0.15, 0.2) is 82.0 Å². The van der Waals surface area contributed by atoms with Gasteiger partial charge in [0.2, 0.25) is 5.91 Å². The maximum Gasteiger partial charge on any atom is 0.426 e. The van der Waals surface area contributed by atoms with Gasteiger partial charge in [0.25, 0.3) is 0 Å². The maximum absolute atomic E-state index is 12.6. The first-order valence-corrected chi connectivity index (χ1v) is 9.52. The van der Waals surface area contributed by atoms with Crippen molar-refractivity contribution in [2.45, 2.75) is 12.8 Å². The number of carbonyl (C=O) groups excluding carboxylic acids is 2. The zero-order chi connectivity index (χ0) is 21.8. The van der Waals surface area contributed by atoms with Crippen LogP contribution in [0.5, 0.6) is 11.5 Å². The SMILES string of the molecule is C#Cc1ccc2c(c1)oc(=O)n2C(=O)CC(=O)Cc1ccc(Oc2ccccc2)cc1. The minimum absolute atomic E-state index is 0.0587. The average Bonchev–Trinajstić information content (AvgIpc) is 3.10. The Bertz CT molecular complexity index is 1360. The topological polar surface area (TPSA) is 78.5 Å². The molecule has 0 bridgehead atoms. The Morgan fingerprint density at radius 3 is 2.39 bits per heavy atom. The number of terminal acetylenes is 1. The largest absolute Gasteiger partial charge is 0.457 e. The molecule has 0 fully saturated rings. The molecule has 0 aliphatic rings. The number of hydrogen-bond acceptors (Lipinski definition) is 5. The fraction of sp³-hybridized carbons (Fsp3) is 0.0800. The fourth-order valence-electron chi connectivity index (χ4n) is 3.18. The predicted molar refractivity (Wildman–Crippen MR) is 115 cm³/mol. The average molecular weight is 411 g/mol. The summed E-state index contributed by atoms with van der Waals surface area (Å²) in [5.41, 5.74) is 1.75. The highest BCUT2D eigenvalue weighted by atomic mass is 16.5. The molecule has 0 aliphatic carbocycles. The molecule has 31 heavy (non-hydrogen) atoms. The second kappa shape index (κ2) is 8.56. The van der Waals surface area contributed by atoms with Gasteiger partial charge in [-0.25, -0.2) is 9.36 Å². The predicted octanol–water partition coefficient (Wildman–Crippen LogP) is 4.21. The summed E-state index contributed by atoms with van der Waals surface area (Å²) in [4.78, 5) is 37.1. The third-order valence-corrected chi connectivity index (χ3v) is 4.65. The van der Waals surface area contributed by atoms with Gasteiger partial charge in [-0.05, 0) is 48.0 Å². The Morgan fingerprint density at radius 2 is 1.68 bits per heavy atom. The van der Waals surface area contributed by atoms with Crippen LogP contribution < -0.4 is 10.5 Å². The number of para-hydroxylation sites is 1. The minimum Gasteiger partial charge on any atom is -0.457 e. The zero-order valence-corrected chi connectivity index (χ0v) is 16.4. The van der Waals surface area contributed by atoms with E-state index < -0.39 is 18.1 Å². The number of fused-ring (bicyclic) bond motifs is 1. The van der Waals surface area contributed by atoms with Gasteiger partial charge in [0.1, 0.15) is 17.3 Å². The summed E-state index contributed by atoms with van der Waals surface area (Å²) in [7, 11) is 0. The number of ketones is 1. The van der Waals surface area contributed by atoms with Crippen molar-refractivity contribution >= 4 is 22.8 Å². The summed E-state index contributed by atoms with van der Waals surface area (Å²) in [5, 5.41) is 0. The lowest BCUT2D eigenvalue weighted by Crippen LogP contribution is -2.25. The highest BCUT2D eigenvalue weighted by Gasteiger charge is 2.19. The van der Waals surface area contributed by atoms with Gasteiger partial charge in [-0.15, -0.1) is 6.42 Å². The van der Waals surface area contributed by atoms with Crippen LogP contribution in [-0.2, 0) is 11.2 Å². The molecule has 6 heteroatoms. The summed E-state index contributed by atoms with van der Waals surface area (Å²) in [6.07, 6.45) is 4.97. The highest BCUT2D eigenvalue weighted by molar-refractivity contribution is 6.02. The van der Waals surface area contributed by atoms with E-state index in [1.165, 1.54) is 12.1 Å². The van der Waals surface area contributed by atoms with Crippen LogP contribution in [0.4, 0.5) is 0 Å². The van der Waals surface area contributed by atoms with Crippen LogP contribution in [0.2, 0.25) is 0 Å². The highest BCUT2D eigenvalue weighted by Crippen LogP contribution is 2.21. The Morgan fingerprint density at radius 1 is 0.968 bits per heavy atom. The quantitative estimate of drug-likeness (QED) is 0.351. The molecule has 0 amide bonds. The number of ether oxygens (including phenoxy) is 1. The number of rotatable bonds is 6. The second-order valence-corrected chi connectivity index (χ2v) is 6.88. The Balaban J connectivity index is 1.42. The third kappa shape index (κ3) is 4.46. The van der Waals surface area contributed by atoms with Gasteiger partial charge in [-0.1, -0.05) is 36.3 Å². The smallest absolute Gasteiger partial charge is 0.426 e. The van der Waals surface area contributed by atoms with Crippen LogP contribution in [0.25, 0.3) is 11.1 Å². The molecule has 1 heterocycles. The molecule has 1 aromatic heterocycles. The molecule has 3 aromatic carbocycles. The van der Waals surface area contributed by atoms with Gasteiger partial charge in [0, 0.05) is 12.0 Å². The van der Waals surface area contributed by atoms with E-state index in [1.807, 2.05) is 30.3 Å². The molecule has 0 unspecified atom stereocenters. The molecular weight excluding hydrogens is 394 g/mol. The van der Waals surface area contributed by atoms with E-state index in [2.05, 4.69) is 5.92 Å². The monoisotopic (exact) mass is 411 g/mol. The first-order chi connectivity index (χ1) is 15.0. The van der Waals surface area contributed by atoms with Crippen LogP contribution in [0.3, 0.4) is 0 Å². The Hall–Kier alpha value is -4.37. The van der Waals surface area contributed by atoms with Crippen LogP contribution in [-0.4, -0.2) is 16.3 Å². The lowest BCUT2D eigenvalue weighted by molar-refractivity contribution is -0.117. The van der Waals surface area contributed by atoms with Crippen LogP contribution in [0, 0.1) is 12.3 Å². The number of oxazole rings is 1. The summed E-state index contributed by atoms with van der Waals surface area (Å²) in [6.45, 7) is 0. The van der Waals surface area contributed by atoms with Gasteiger partial charge >= 0.3 is 5.76 Å². The molecule has 0 saturated carbocycles. The van der Waals surface area contributed by atoms with Gasteiger partial charge in [0.05, 0.1) is 11.9 Å². The first kappa shape index (κ1) is 19.9. The molecule has 4 rings (SSSR count). The van der Waals surface area contributed by atoms with Crippen molar-refractivity contribution in [3.63, 3.8) is 0 Å². The third-order valence-electron chi connectivity index (χ3n) is 4.65. The standard InChI is InChI=1S/C25H17NO5/c1-2-17-10-13-22-23(15-17)31-25(29)26(22)24(28)16-19(27)14-18-8-11-21(12-9-18)30-20-6-4-3-5-7-20/h1,3-13,15H,14,16H2. The molecule has 0 radical (unpaired) electrons. The Labute approximate surface area is 177 Å². The molecule has 6 nitrogen and oxygen atoms in total. The number of hydrogen-bond donors (Lipinski definition) is 0. The molecule has 0 saturated heterocycles. The van der Waals surface area contributed by atoms with Crippen molar-refractivity contribution in [2.24, 2.45) is 0 Å². The van der Waals surface area contributed by atoms with E-state index >= 15 is 0 Å². The summed E-state index contributed by atoms with van der Waals surface area (Å²) >= 11 is 0. The summed E-state index contributed by atoms with van der Waals surface area (Å²) in [6, 6.07) is 21.0. The molecule has 4 aromatic rings. The Kier molecular flexibility index (Phi) is 5.50. The first-order valence-electron chi connectivity index (χ1n) is 9.52. The van der Waals surface area contributed by atoms with Crippen molar-refractivity contribution in [3.8, 4) is 23.8 Å². The van der Waals surface area contributed by atoms with E-state index in [0.717, 1.165) is 10.1 Å². The maximum atomic E-state index is 12.6. The second-order valence-electron chi connectivity index (χ2n) is 6.88. The van der Waals surface area contributed by atoms with E-state index in [-0.39, 0.29) is 23.3 Å². The number of Topliss-reactive ketones (excluding diaryl/α,β-unsaturated/α-hetero) is 1. The summed E-state index contributed by atoms with van der Waals surface area (Å²) < 4.78 is 11.7. The van der Waals surface area contributed by atoms with Gasteiger partial charge in [0.15, 0.2) is 5.58 Å². The molecule has 0 N–H and O–H groups in total. The van der Waals surface area contributed by atoms with Crippen LogP contribution in [0.1, 0.15) is 22.3 Å². The summed E-state index contributed by atoms with van der Waals surface area (Å²) in [5.74, 6) is 1.98. The van der Waals surface area contributed by atoms with Gasteiger partial charge in [-0.2, -0.15) is 0 Å². The van der Waals surface area contributed by atoms with Crippen molar-refractivity contribution < 1.29 is 18.7 Å². The number of benzene rings is 3. The number of aromatic nitrogens is 1. The van der Waals surface area contributed by atoms with Crippen LogP contribution >= 0.6 is 0 Å². The van der Waals surface area contributed by atoms with E-state index in [4.69, 9.17) is 15.6 Å². The molecular formula is C25H17NO5. The van der Waals surface area contributed by atoms with E-state index in [1.54, 1.807) is 30.3 Å². The van der Waals surface area contributed by atoms with Crippen molar-refractivity contribution in [1.29, 1.82) is 0 Å². The van der Waals surface area contributed by atoms with E-state index in [9.17, 15) is 14.4 Å². The lowest BCUT2D eigenvalue weighted by atomic mass is 10.1. The lowest BCUT2D eigenvalue weighted by Gasteiger charge is -2.06. The molecule has 0 spiro atoms. The number of nitrogens with zero attached hydrogens (tertiary/aromatic N) is 1. The fourth-order valence-corrected chi connectivity index (χ4v) is 3.18. The van der Waals surface area contributed by atoms with E-state index in [0.29, 0.717) is 17.1 Å². The van der Waals surface area contributed by atoms with Gasteiger partial charge in [-0.3, -0.25) is 9.59 Å². The van der Waals surface area contributed by atoms with Crippen molar-refractivity contribution in [2.75, 3.05) is 0 Å². The normalized spacial score (nSPS) is 10.5. The number of carbonyl (C=O) groups is 2. The van der Waals surface area contributed by atoms with Gasteiger partial charge < -0.3 is 9.15 Å². The zero-order valence-electron chi connectivity index (χ0n) is 16.4. The molecule has 152 valence electrons. The van der Waals surface area contributed by atoms with Crippen molar-refractivity contribution in [1.82, 2.24) is 4.57 Å². The molecule has 0 atom stereocenters. The molecule has 0 aliphatic heterocycles.